The van der Waals surface area contributed by atoms with Gasteiger partial charge in [-0.25, -0.2) is 9.37 Å². The summed E-state index contributed by atoms with van der Waals surface area (Å²) in [4.78, 5) is 16.1. The Morgan fingerprint density at radius 2 is 2.11 bits per heavy atom. The number of halogens is 1. The van der Waals surface area contributed by atoms with Crippen LogP contribution in [0.2, 0.25) is 0 Å². The van der Waals surface area contributed by atoms with E-state index in [0.717, 1.165) is 10.0 Å². The predicted octanol–water partition coefficient (Wildman–Crippen LogP) is 3.96. The fourth-order valence-corrected chi connectivity index (χ4v) is 3.27. The number of aromatic nitrogens is 1. The average molecular weight is 281 g/mol. The number of carbonyl (C=O) groups is 1. The van der Waals surface area contributed by atoms with Crippen LogP contribution < -0.4 is 0 Å². The zero-order valence-corrected chi connectivity index (χ0v) is 11.5. The van der Waals surface area contributed by atoms with Crippen molar-refractivity contribution in [2.45, 2.75) is 17.7 Å². The molecule has 18 heavy (non-hydrogen) atoms. The highest BCUT2D eigenvalue weighted by Crippen LogP contribution is 2.23. The van der Waals surface area contributed by atoms with Crippen LogP contribution in [0.25, 0.3) is 0 Å². The van der Waals surface area contributed by atoms with E-state index < -0.39 is 0 Å². The number of thiazole rings is 1. The number of carbonyl (C=O) groups excluding carboxylic acids is 1. The number of aryl methyl sites for hydroxylation is 1. The summed E-state index contributed by atoms with van der Waals surface area (Å²) < 4.78 is 13.7. The summed E-state index contributed by atoms with van der Waals surface area (Å²) in [6.07, 6.45) is 0.439. The molecule has 0 atom stereocenters. The number of hydrogen-bond donors (Lipinski definition) is 0. The van der Waals surface area contributed by atoms with Crippen molar-refractivity contribution in [3.8, 4) is 0 Å². The maximum Gasteiger partial charge on any atom is 0.163 e. The molecule has 0 aliphatic carbocycles. The van der Waals surface area contributed by atoms with E-state index in [4.69, 9.17) is 0 Å². The van der Waals surface area contributed by atoms with Gasteiger partial charge in [0.05, 0.1) is 0 Å². The standard InChI is InChI=1S/C13H12FNOS2/c1-9-8-18-13(15-9)17-7-6-12(16)10-2-4-11(14)5-3-10/h2-5,8H,6-7H2,1H3. The Morgan fingerprint density at radius 1 is 1.39 bits per heavy atom. The van der Waals surface area contributed by atoms with E-state index in [2.05, 4.69) is 4.98 Å². The lowest BCUT2D eigenvalue weighted by Crippen LogP contribution is -2.00. The molecule has 5 heteroatoms. The Morgan fingerprint density at radius 3 is 2.72 bits per heavy atom. The number of hydrogen-bond acceptors (Lipinski definition) is 4. The highest BCUT2D eigenvalue weighted by molar-refractivity contribution is 8.01. The first kappa shape index (κ1) is 13.2. The van der Waals surface area contributed by atoms with Crippen LogP contribution in [0.1, 0.15) is 22.5 Å². The second kappa shape index (κ2) is 6.11. The molecule has 2 aromatic rings. The number of nitrogens with zero attached hydrogens (tertiary/aromatic N) is 1. The largest absolute Gasteiger partial charge is 0.294 e. The first-order chi connectivity index (χ1) is 8.65. The second-order valence-corrected chi connectivity index (χ2v) is 5.98. The molecular formula is C13H12FNOS2. The molecule has 0 N–H and O–H groups in total. The molecule has 0 aliphatic rings. The molecule has 0 fully saturated rings. The molecule has 0 saturated carbocycles. The van der Waals surface area contributed by atoms with Crippen LogP contribution in [0, 0.1) is 12.7 Å². The minimum absolute atomic E-state index is 0.0378. The van der Waals surface area contributed by atoms with Crippen LogP contribution in [0.15, 0.2) is 34.0 Å². The van der Waals surface area contributed by atoms with Gasteiger partial charge in [0.2, 0.25) is 0 Å². The summed E-state index contributed by atoms with van der Waals surface area (Å²) in [6.45, 7) is 1.95. The number of Topliss-reactive ketones (excluding diaryl/α,β-unsaturated/α-hetero) is 1. The molecule has 0 bridgehead atoms. The zero-order chi connectivity index (χ0) is 13.0. The molecule has 1 aromatic heterocycles. The van der Waals surface area contributed by atoms with Gasteiger partial charge in [-0.15, -0.1) is 11.3 Å². The topological polar surface area (TPSA) is 30.0 Å². The van der Waals surface area contributed by atoms with E-state index in [0.29, 0.717) is 17.7 Å². The Hall–Kier alpha value is -1.20. The maximum absolute atomic E-state index is 12.7. The van der Waals surface area contributed by atoms with Crippen molar-refractivity contribution in [2.24, 2.45) is 0 Å². The monoisotopic (exact) mass is 281 g/mol. The fraction of sp³-hybridized carbons (Fsp3) is 0.231. The molecule has 2 nitrogen and oxygen atoms in total. The molecule has 1 heterocycles. The molecule has 0 saturated heterocycles. The van der Waals surface area contributed by atoms with Crippen LogP contribution in [0.3, 0.4) is 0 Å². The highest BCUT2D eigenvalue weighted by Gasteiger charge is 2.07. The molecular weight excluding hydrogens is 269 g/mol. The Kier molecular flexibility index (Phi) is 4.49. The van der Waals surface area contributed by atoms with Crippen LogP contribution in [0.4, 0.5) is 4.39 Å². The molecule has 0 amide bonds. The number of thioether (sulfide) groups is 1. The highest BCUT2D eigenvalue weighted by atomic mass is 32.2. The van der Waals surface area contributed by atoms with Gasteiger partial charge in [0.25, 0.3) is 0 Å². The van der Waals surface area contributed by atoms with Crippen LogP contribution in [0.5, 0.6) is 0 Å². The normalized spacial score (nSPS) is 10.6. The smallest absolute Gasteiger partial charge is 0.163 e. The third-order valence-corrected chi connectivity index (χ3v) is 4.46. The lowest BCUT2D eigenvalue weighted by molar-refractivity contribution is 0.0989. The lowest BCUT2D eigenvalue weighted by Gasteiger charge is -2.00. The van der Waals surface area contributed by atoms with Crippen molar-refractivity contribution in [1.29, 1.82) is 0 Å². The Bertz CT molecular complexity index is 536. The number of ketones is 1. The molecule has 0 spiro atoms. The van der Waals surface area contributed by atoms with Gasteiger partial charge in [0, 0.05) is 28.8 Å². The predicted molar refractivity (Wildman–Crippen MR) is 72.9 cm³/mol. The number of benzene rings is 1. The van der Waals surface area contributed by atoms with E-state index in [1.807, 2.05) is 12.3 Å². The van der Waals surface area contributed by atoms with Gasteiger partial charge < -0.3 is 0 Å². The SMILES string of the molecule is Cc1csc(SCCC(=O)c2ccc(F)cc2)n1. The summed E-state index contributed by atoms with van der Waals surface area (Å²) in [5, 5.41) is 1.99. The van der Waals surface area contributed by atoms with E-state index in [9.17, 15) is 9.18 Å². The quantitative estimate of drug-likeness (QED) is 0.614. The van der Waals surface area contributed by atoms with Gasteiger partial charge in [-0.05, 0) is 31.2 Å². The zero-order valence-electron chi connectivity index (χ0n) is 9.85. The van der Waals surface area contributed by atoms with Crippen molar-refractivity contribution < 1.29 is 9.18 Å². The van der Waals surface area contributed by atoms with Crippen molar-refractivity contribution >= 4 is 28.9 Å². The fourth-order valence-electron chi connectivity index (χ4n) is 1.41. The van der Waals surface area contributed by atoms with Crippen LogP contribution in [-0.4, -0.2) is 16.5 Å². The van der Waals surface area contributed by atoms with Crippen molar-refractivity contribution in [3.63, 3.8) is 0 Å². The van der Waals surface area contributed by atoms with Crippen molar-refractivity contribution in [3.05, 3.63) is 46.7 Å². The van der Waals surface area contributed by atoms with Crippen molar-refractivity contribution in [2.75, 3.05) is 5.75 Å². The van der Waals surface area contributed by atoms with E-state index in [-0.39, 0.29) is 11.6 Å². The van der Waals surface area contributed by atoms with Gasteiger partial charge in [-0.1, -0.05) is 11.8 Å². The molecule has 0 aliphatic heterocycles. The van der Waals surface area contributed by atoms with Gasteiger partial charge >= 0.3 is 0 Å². The van der Waals surface area contributed by atoms with E-state index >= 15 is 0 Å². The molecule has 94 valence electrons. The van der Waals surface area contributed by atoms with E-state index in [1.54, 1.807) is 23.1 Å². The van der Waals surface area contributed by atoms with Gasteiger partial charge in [-0.2, -0.15) is 0 Å². The first-order valence-electron chi connectivity index (χ1n) is 5.49. The summed E-state index contributed by atoms with van der Waals surface area (Å²) in [5.74, 6) is 0.415. The van der Waals surface area contributed by atoms with Gasteiger partial charge in [-0.3, -0.25) is 4.79 Å². The van der Waals surface area contributed by atoms with E-state index in [1.165, 1.54) is 24.3 Å². The Balaban J connectivity index is 1.83. The molecule has 2 rings (SSSR count). The Labute approximate surface area is 113 Å². The molecule has 1 aromatic carbocycles. The summed E-state index contributed by atoms with van der Waals surface area (Å²) in [5.41, 5.74) is 1.57. The lowest BCUT2D eigenvalue weighted by atomic mass is 10.1. The summed E-state index contributed by atoms with van der Waals surface area (Å²) in [6, 6.07) is 5.67. The van der Waals surface area contributed by atoms with Crippen LogP contribution >= 0.6 is 23.1 Å². The van der Waals surface area contributed by atoms with Crippen molar-refractivity contribution in [1.82, 2.24) is 4.98 Å². The third-order valence-electron chi connectivity index (χ3n) is 2.32. The molecule has 0 unspecified atom stereocenters. The van der Waals surface area contributed by atoms with Crippen LogP contribution in [-0.2, 0) is 0 Å². The minimum atomic E-state index is -0.320. The average Bonchev–Trinajstić information content (AvgIpc) is 2.76. The second-order valence-electron chi connectivity index (χ2n) is 3.78. The third kappa shape index (κ3) is 3.65. The maximum atomic E-state index is 12.7. The van der Waals surface area contributed by atoms with Gasteiger partial charge in [0.1, 0.15) is 10.2 Å². The summed E-state index contributed by atoms with van der Waals surface area (Å²) in [7, 11) is 0. The molecule has 0 radical (unpaired) electrons. The minimum Gasteiger partial charge on any atom is -0.294 e. The number of rotatable bonds is 5. The summed E-state index contributed by atoms with van der Waals surface area (Å²) >= 11 is 3.17. The van der Waals surface area contributed by atoms with Gasteiger partial charge in [0.15, 0.2) is 5.78 Å². The first-order valence-corrected chi connectivity index (χ1v) is 7.35.